The molecule has 0 aliphatic carbocycles. The molecule has 1 aromatic heterocycles. The second-order valence-electron chi connectivity index (χ2n) is 6.50. The molecule has 142 valence electrons. The second-order valence-corrected chi connectivity index (χ2v) is 7.81. The largest absolute Gasteiger partial charge is 0.744 e. The molecule has 3 aromatic rings. The van der Waals surface area contributed by atoms with Crippen LogP contribution in [0.3, 0.4) is 0 Å². The Morgan fingerprint density at radius 3 is 1.85 bits per heavy atom. The predicted octanol–water partition coefficient (Wildman–Crippen LogP) is 2.79. The molecule has 2 N–H and O–H groups in total. The molecular formula is C21H24N2O3S. The van der Waals surface area contributed by atoms with Gasteiger partial charge in [-0.2, -0.15) is 0 Å². The molecule has 0 saturated heterocycles. The first-order valence-corrected chi connectivity index (χ1v) is 9.90. The molecule has 0 bridgehead atoms. The van der Waals surface area contributed by atoms with Crippen LogP contribution in [0.1, 0.15) is 27.8 Å². The fourth-order valence-electron chi connectivity index (χ4n) is 2.98. The molecule has 0 radical (unpaired) electrons. The monoisotopic (exact) mass is 384 g/mol. The zero-order valence-corrected chi connectivity index (χ0v) is 16.5. The highest BCUT2D eigenvalue weighted by Crippen LogP contribution is 2.20. The van der Waals surface area contributed by atoms with E-state index in [0.717, 1.165) is 12.0 Å². The predicted molar refractivity (Wildman–Crippen MR) is 105 cm³/mol. The van der Waals surface area contributed by atoms with Gasteiger partial charge >= 0.3 is 0 Å². The van der Waals surface area contributed by atoms with Gasteiger partial charge in [0.15, 0.2) is 12.4 Å². The van der Waals surface area contributed by atoms with Crippen LogP contribution in [-0.2, 0) is 16.5 Å². The molecule has 0 saturated carbocycles. The Bertz CT molecular complexity index is 976. The number of rotatable bonds is 3. The quantitative estimate of drug-likeness (QED) is 0.427. The topological polar surface area (TPSA) is 87.1 Å². The van der Waals surface area contributed by atoms with Crippen LogP contribution in [0.4, 0.5) is 0 Å². The molecule has 5 nitrogen and oxygen atoms in total. The Morgan fingerprint density at radius 2 is 1.37 bits per heavy atom. The molecule has 1 heterocycles. The molecule has 0 unspecified atom stereocenters. The third-order valence-electron chi connectivity index (χ3n) is 4.03. The number of nitrogens with two attached hydrogens (primary N) is 1. The van der Waals surface area contributed by atoms with Crippen LogP contribution < -0.4 is 10.5 Å². The Labute approximate surface area is 160 Å². The summed E-state index contributed by atoms with van der Waals surface area (Å²) in [6.45, 7) is 5.12. The Kier molecular flexibility index (Phi) is 6.71. The fourth-order valence-corrected chi connectivity index (χ4v) is 3.89. The number of hydrogen-bond donors (Lipinski definition) is 1. The maximum Gasteiger partial charge on any atom is 0.199 e. The number of benzene rings is 2. The maximum atomic E-state index is 10.8. The van der Waals surface area contributed by atoms with Crippen molar-refractivity contribution in [1.29, 1.82) is 0 Å². The van der Waals surface area contributed by atoms with E-state index in [9.17, 15) is 13.0 Å². The van der Waals surface area contributed by atoms with Gasteiger partial charge in [-0.3, -0.25) is 0 Å². The summed E-state index contributed by atoms with van der Waals surface area (Å²) in [5.41, 5.74) is 4.60. The normalized spacial score (nSPS) is 10.8. The van der Waals surface area contributed by atoms with Crippen molar-refractivity contribution in [2.75, 3.05) is 5.84 Å². The van der Waals surface area contributed by atoms with Crippen molar-refractivity contribution in [2.24, 2.45) is 0 Å². The zero-order chi connectivity index (χ0) is 20.0. The third-order valence-corrected chi connectivity index (χ3v) is 5.17. The summed E-state index contributed by atoms with van der Waals surface area (Å²) in [7, 11) is -4.33. The lowest BCUT2D eigenvalue weighted by Crippen LogP contribution is -2.43. The lowest BCUT2D eigenvalue weighted by molar-refractivity contribution is -0.639. The van der Waals surface area contributed by atoms with Gasteiger partial charge in [-0.15, -0.1) is 0 Å². The van der Waals surface area contributed by atoms with Crippen LogP contribution in [0.2, 0.25) is 0 Å². The van der Waals surface area contributed by atoms with Crippen LogP contribution in [0, 0.1) is 20.8 Å². The van der Waals surface area contributed by atoms with Gasteiger partial charge in [0.05, 0.1) is 4.90 Å². The standard InChI is InChI=1S/C12H13N2.C9H12O3S/c13-14-8-6-12(7-9-14)10-11-4-2-1-3-5-11;1-6-4-7(2)9(8(3)5-6)13(10,11)12/h1-9H,10,13H2;4-5H,1-3H3,(H,10,11,12)/q+1;/p-1. The highest BCUT2D eigenvalue weighted by molar-refractivity contribution is 7.85. The van der Waals surface area contributed by atoms with Gasteiger partial charge in [-0.05, 0) is 49.4 Å². The van der Waals surface area contributed by atoms with Gasteiger partial charge in [0.1, 0.15) is 10.1 Å². The molecule has 0 spiro atoms. The summed E-state index contributed by atoms with van der Waals surface area (Å²) in [5.74, 6) is 5.54. The first-order chi connectivity index (χ1) is 12.7. The number of nitrogens with zero attached hydrogens (tertiary/aromatic N) is 1. The van der Waals surface area contributed by atoms with Gasteiger partial charge in [-0.25, -0.2) is 14.3 Å². The average Bonchev–Trinajstić information content (AvgIpc) is 2.56. The molecule has 27 heavy (non-hydrogen) atoms. The van der Waals surface area contributed by atoms with Crippen LogP contribution in [0.15, 0.2) is 71.9 Å². The molecule has 0 amide bonds. The van der Waals surface area contributed by atoms with Crippen molar-refractivity contribution in [3.63, 3.8) is 0 Å². The number of aromatic nitrogens is 1. The maximum absolute atomic E-state index is 10.8. The van der Waals surface area contributed by atoms with E-state index in [4.69, 9.17) is 5.84 Å². The van der Waals surface area contributed by atoms with Gasteiger partial charge in [0.25, 0.3) is 0 Å². The minimum atomic E-state index is -4.33. The minimum Gasteiger partial charge on any atom is -0.744 e. The number of pyridine rings is 1. The zero-order valence-electron chi connectivity index (χ0n) is 15.7. The van der Waals surface area contributed by atoms with E-state index >= 15 is 0 Å². The van der Waals surface area contributed by atoms with E-state index in [1.807, 2.05) is 37.5 Å². The van der Waals surface area contributed by atoms with Crippen LogP contribution in [0.25, 0.3) is 0 Å². The lowest BCUT2D eigenvalue weighted by atomic mass is 10.1. The van der Waals surface area contributed by atoms with Crippen molar-refractivity contribution < 1.29 is 17.6 Å². The van der Waals surface area contributed by atoms with Crippen molar-refractivity contribution in [3.8, 4) is 0 Å². The SMILES string of the molecule is Cc1cc(C)c(S(=O)(=O)[O-])c(C)c1.N[n+]1ccc(Cc2ccccc2)cc1. The third kappa shape index (κ3) is 6.20. The molecule has 3 rings (SSSR count). The Balaban J connectivity index is 0.000000194. The van der Waals surface area contributed by atoms with Gasteiger partial charge in [0, 0.05) is 12.1 Å². The van der Waals surface area contributed by atoms with Gasteiger partial charge < -0.3 is 4.55 Å². The van der Waals surface area contributed by atoms with Crippen molar-refractivity contribution in [3.05, 3.63) is 94.8 Å². The lowest BCUT2D eigenvalue weighted by Gasteiger charge is -2.14. The minimum absolute atomic E-state index is 0.0851. The first-order valence-electron chi connectivity index (χ1n) is 8.50. The molecule has 6 heteroatoms. The molecule has 0 fully saturated rings. The molecule has 2 aromatic carbocycles. The van der Waals surface area contributed by atoms with E-state index in [0.29, 0.717) is 11.1 Å². The summed E-state index contributed by atoms with van der Waals surface area (Å²) in [4.78, 5) is -0.0851. The first kappa shape index (κ1) is 20.6. The summed E-state index contributed by atoms with van der Waals surface area (Å²) in [6, 6.07) is 17.9. The highest BCUT2D eigenvalue weighted by Gasteiger charge is 2.09. The van der Waals surface area contributed by atoms with E-state index in [2.05, 4.69) is 24.3 Å². The summed E-state index contributed by atoms with van der Waals surface area (Å²) in [6.07, 6.45) is 4.68. The van der Waals surface area contributed by atoms with E-state index in [1.165, 1.54) is 11.1 Å². The average molecular weight is 385 g/mol. The van der Waals surface area contributed by atoms with Crippen LogP contribution >= 0.6 is 0 Å². The number of hydrogen-bond acceptors (Lipinski definition) is 4. The molecule has 0 aliphatic heterocycles. The van der Waals surface area contributed by atoms with Gasteiger partial charge in [0.2, 0.25) is 0 Å². The summed E-state index contributed by atoms with van der Waals surface area (Å²) in [5, 5.41) is 0. The highest BCUT2D eigenvalue weighted by atomic mass is 32.2. The smallest absolute Gasteiger partial charge is 0.199 e. The van der Waals surface area contributed by atoms with Crippen LogP contribution in [0.5, 0.6) is 0 Å². The molecular weight excluding hydrogens is 360 g/mol. The number of aryl methyl sites for hydroxylation is 3. The van der Waals surface area contributed by atoms with E-state index < -0.39 is 10.1 Å². The van der Waals surface area contributed by atoms with E-state index in [1.54, 1.807) is 30.7 Å². The summed E-state index contributed by atoms with van der Waals surface area (Å²) >= 11 is 0. The Morgan fingerprint density at radius 1 is 0.889 bits per heavy atom. The molecule has 0 aliphatic rings. The number of nitrogen functional groups attached to an aromatic ring is 1. The van der Waals surface area contributed by atoms with Crippen molar-refractivity contribution >= 4 is 10.1 Å². The van der Waals surface area contributed by atoms with E-state index in [-0.39, 0.29) is 4.90 Å². The summed E-state index contributed by atoms with van der Waals surface area (Å²) < 4.78 is 34.0. The molecule has 0 atom stereocenters. The Hall–Kier alpha value is -2.70. The van der Waals surface area contributed by atoms with Crippen LogP contribution in [-0.4, -0.2) is 13.0 Å². The van der Waals surface area contributed by atoms with Gasteiger partial charge in [-0.1, -0.05) is 52.7 Å². The fraction of sp³-hybridized carbons (Fsp3) is 0.190. The van der Waals surface area contributed by atoms with Crippen molar-refractivity contribution in [2.45, 2.75) is 32.1 Å². The second kappa shape index (κ2) is 8.79. The van der Waals surface area contributed by atoms with Crippen molar-refractivity contribution in [1.82, 2.24) is 0 Å².